The van der Waals surface area contributed by atoms with Gasteiger partial charge in [-0.15, -0.1) is 0 Å². The van der Waals surface area contributed by atoms with Gasteiger partial charge in [0.25, 0.3) is 5.69 Å². The van der Waals surface area contributed by atoms with Crippen LogP contribution in [0.2, 0.25) is 0 Å². The van der Waals surface area contributed by atoms with Crippen molar-refractivity contribution in [2.75, 3.05) is 49.2 Å². The Morgan fingerprint density at radius 3 is 2.06 bits per heavy atom. The third-order valence-electron chi connectivity index (χ3n) is 5.24. The van der Waals surface area contributed by atoms with Crippen molar-refractivity contribution < 1.29 is 24.0 Å². The number of ether oxygens (including phenoxy) is 2. The van der Waals surface area contributed by atoms with Crippen LogP contribution in [0.1, 0.15) is 19.4 Å². The van der Waals surface area contributed by atoms with E-state index < -0.39 is 16.9 Å². The van der Waals surface area contributed by atoms with E-state index in [0.717, 1.165) is 18.8 Å². The molecule has 1 aliphatic rings. The quantitative estimate of drug-likeness (QED) is 0.150. The maximum atomic E-state index is 12.2. The molecule has 0 saturated carbocycles. The lowest BCUT2D eigenvalue weighted by molar-refractivity contribution is -0.384. The van der Waals surface area contributed by atoms with Gasteiger partial charge < -0.3 is 19.3 Å². The topological polar surface area (TPSA) is 102 Å². The molecule has 0 amide bonds. The maximum Gasteiger partial charge on any atom is 0.345 e. The molecule has 1 heterocycles. The smallest absolute Gasteiger partial charge is 0.345 e. The average molecular weight is 453 g/mol. The molecule has 0 aliphatic carbocycles. The standard InChI is InChI=1S/C24H27N3O6/c1-3-32-23(28)20(24(29)33-4-2)16-18-10-11-21(22(17-18)27(30)31)26-14-12-25(13-15-26)19-8-6-5-7-9-19/h5-11,16-17H,3-4,12-15H2,1-2H3. The van der Waals surface area contributed by atoms with Crippen molar-refractivity contribution in [3.05, 3.63) is 69.8 Å². The number of nitrogens with zero attached hydrogens (tertiary/aromatic N) is 3. The van der Waals surface area contributed by atoms with E-state index in [2.05, 4.69) is 4.90 Å². The van der Waals surface area contributed by atoms with Gasteiger partial charge in [-0.05, 0) is 43.7 Å². The first-order chi connectivity index (χ1) is 15.9. The minimum atomic E-state index is -0.834. The third-order valence-corrected chi connectivity index (χ3v) is 5.24. The van der Waals surface area contributed by atoms with Gasteiger partial charge in [0, 0.05) is 37.9 Å². The summed E-state index contributed by atoms with van der Waals surface area (Å²) in [4.78, 5) is 40.0. The number of hydrogen-bond donors (Lipinski definition) is 0. The van der Waals surface area contributed by atoms with Gasteiger partial charge in [0.1, 0.15) is 11.3 Å². The first-order valence-corrected chi connectivity index (χ1v) is 10.8. The Labute approximate surface area is 192 Å². The summed E-state index contributed by atoms with van der Waals surface area (Å²) in [6.07, 6.45) is 1.26. The number of nitro groups is 1. The highest BCUT2D eigenvalue weighted by Gasteiger charge is 2.25. The Morgan fingerprint density at radius 2 is 1.52 bits per heavy atom. The van der Waals surface area contributed by atoms with Gasteiger partial charge >= 0.3 is 11.9 Å². The van der Waals surface area contributed by atoms with E-state index in [4.69, 9.17) is 9.47 Å². The number of benzene rings is 2. The van der Waals surface area contributed by atoms with E-state index >= 15 is 0 Å². The highest BCUT2D eigenvalue weighted by atomic mass is 16.6. The molecule has 9 nitrogen and oxygen atoms in total. The molecule has 33 heavy (non-hydrogen) atoms. The first-order valence-electron chi connectivity index (χ1n) is 10.8. The van der Waals surface area contributed by atoms with E-state index in [9.17, 15) is 19.7 Å². The number of para-hydroxylation sites is 1. The van der Waals surface area contributed by atoms with Crippen molar-refractivity contribution in [2.45, 2.75) is 13.8 Å². The lowest BCUT2D eigenvalue weighted by Crippen LogP contribution is -2.46. The molecule has 0 spiro atoms. The molecule has 0 bridgehead atoms. The molecule has 2 aromatic carbocycles. The maximum absolute atomic E-state index is 12.2. The zero-order chi connectivity index (χ0) is 23.8. The summed E-state index contributed by atoms with van der Waals surface area (Å²) in [5.41, 5.74) is 1.56. The summed E-state index contributed by atoms with van der Waals surface area (Å²) < 4.78 is 9.86. The van der Waals surface area contributed by atoms with Crippen LogP contribution in [0.25, 0.3) is 6.08 Å². The van der Waals surface area contributed by atoms with Gasteiger partial charge in [0.05, 0.1) is 18.1 Å². The molecule has 3 rings (SSSR count). The summed E-state index contributed by atoms with van der Waals surface area (Å²) >= 11 is 0. The van der Waals surface area contributed by atoms with E-state index in [1.807, 2.05) is 35.2 Å². The van der Waals surface area contributed by atoms with Crippen molar-refractivity contribution in [3.63, 3.8) is 0 Å². The van der Waals surface area contributed by atoms with Crippen LogP contribution in [-0.4, -0.2) is 56.3 Å². The second-order valence-electron chi connectivity index (χ2n) is 7.31. The van der Waals surface area contributed by atoms with Crippen molar-refractivity contribution >= 4 is 35.1 Å². The zero-order valence-electron chi connectivity index (χ0n) is 18.7. The fourth-order valence-electron chi connectivity index (χ4n) is 3.67. The van der Waals surface area contributed by atoms with Crippen LogP contribution in [0, 0.1) is 10.1 Å². The van der Waals surface area contributed by atoms with Crippen molar-refractivity contribution in [1.29, 1.82) is 0 Å². The van der Waals surface area contributed by atoms with Crippen molar-refractivity contribution in [2.24, 2.45) is 0 Å². The Hall–Kier alpha value is -3.88. The van der Waals surface area contributed by atoms with Crippen LogP contribution >= 0.6 is 0 Å². The largest absolute Gasteiger partial charge is 0.462 e. The molecule has 0 N–H and O–H groups in total. The Kier molecular flexibility index (Phi) is 8.01. The van der Waals surface area contributed by atoms with Crippen LogP contribution in [0.3, 0.4) is 0 Å². The Morgan fingerprint density at radius 1 is 0.939 bits per heavy atom. The van der Waals surface area contributed by atoms with E-state index in [0.29, 0.717) is 24.3 Å². The second kappa shape index (κ2) is 11.1. The zero-order valence-corrected chi connectivity index (χ0v) is 18.7. The summed E-state index contributed by atoms with van der Waals surface area (Å²) in [6.45, 7) is 6.14. The number of esters is 2. The number of piperazine rings is 1. The van der Waals surface area contributed by atoms with E-state index in [1.54, 1.807) is 26.0 Å². The number of carbonyl (C=O) groups is 2. The number of carbonyl (C=O) groups excluding carboxylic acids is 2. The SMILES string of the molecule is CCOC(=O)C(=Cc1ccc(N2CCN(c3ccccc3)CC2)c([N+](=O)[O-])c1)C(=O)OCC. The molecule has 1 aliphatic heterocycles. The molecule has 0 atom stereocenters. The monoisotopic (exact) mass is 453 g/mol. The van der Waals surface area contributed by atoms with Crippen LogP contribution in [0.15, 0.2) is 54.1 Å². The van der Waals surface area contributed by atoms with Gasteiger partial charge in [0.2, 0.25) is 0 Å². The molecule has 1 fully saturated rings. The van der Waals surface area contributed by atoms with Gasteiger partial charge in [-0.3, -0.25) is 10.1 Å². The average Bonchev–Trinajstić information content (AvgIpc) is 2.83. The Balaban J connectivity index is 1.84. The molecule has 9 heteroatoms. The number of anilines is 2. The molecule has 174 valence electrons. The summed E-state index contributed by atoms with van der Waals surface area (Å²) in [5.74, 6) is -1.67. The Bertz CT molecular complexity index is 1010. The summed E-state index contributed by atoms with van der Waals surface area (Å²) in [5, 5.41) is 11.8. The fraction of sp³-hybridized carbons (Fsp3) is 0.333. The van der Waals surface area contributed by atoms with Gasteiger partial charge in [-0.25, -0.2) is 9.59 Å². The first kappa shape index (κ1) is 23.8. The molecular weight excluding hydrogens is 426 g/mol. The highest BCUT2D eigenvalue weighted by Crippen LogP contribution is 2.31. The molecule has 1 saturated heterocycles. The molecular formula is C24H27N3O6. The highest BCUT2D eigenvalue weighted by molar-refractivity contribution is 6.17. The lowest BCUT2D eigenvalue weighted by atomic mass is 10.1. The second-order valence-corrected chi connectivity index (χ2v) is 7.31. The molecule has 2 aromatic rings. The molecule has 0 aromatic heterocycles. The number of nitro benzene ring substituents is 1. The predicted molar refractivity (Wildman–Crippen MR) is 125 cm³/mol. The van der Waals surface area contributed by atoms with Crippen LogP contribution < -0.4 is 9.80 Å². The summed E-state index contributed by atoms with van der Waals surface area (Å²) in [6, 6.07) is 14.7. The minimum Gasteiger partial charge on any atom is -0.462 e. The van der Waals surface area contributed by atoms with E-state index in [-0.39, 0.29) is 24.5 Å². The van der Waals surface area contributed by atoms with Gasteiger partial charge in [0.15, 0.2) is 0 Å². The number of hydrogen-bond acceptors (Lipinski definition) is 8. The van der Waals surface area contributed by atoms with Crippen LogP contribution in [0.4, 0.5) is 17.1 Å². The molecule has 0 radical (unpaired) electrons. The normalized spacial score (nSPS) is 13.3. The van der Waals surface area contributed by atoms with Crippen molar-refractivity contribution in [3.8, 4) is 0 Å². The van der Waals surface area contributed by atoms with Crippen LogP contribution in [0.5, 0.6) is 0 Å². The predicted octanol–water partition coefficient (Wildman–Crippen LogP) is 3.43. The fourth-order valence-corrected chi connectivity index (χ4v) is 3.67. The lowest BCUT2D eigenvalue weighted by Gasteiger charge is -2.37. The number of rotatable bonds is 8. The van der Waals surface area contributed by atoms with Crippen molar-refractivity contribution in [1.82, 2.24) is 0 Å². The van der Waals surface area contributed by atoms with Crippen LogP contribution in [-0.2, 0) is 19.1 Å². The third kappa shape index (κ3) is 5.88. The molecule has 0 unspecified atom stereocenters. The van der Waals surface area contributed by atoms with E-state index in [1.165, 1.54) is 12.1 Å². The summed E-state index contributed by atoms with van der Waals surface area (Å²) in [7, 11) is 0. The van der Waals surface area contributed by atoms with Gasteiger partial charge in [-0.2, -0.15) is 0 Å². The minimum absolute atomic E-state index is 0.0869. The van der Waals surface area contributed by atoms with Gasteiger partial charge in [-0.1, -0.05) is 24.3 Å².